The molecule has 0 spiro atoms. The number of piperidine rings is 1. The fraction of sp³-hybridized carbons (Fsp3) is 0.486. The van der Waals surface area contributed by atoms with Crippen LogP contribution in [0.4, 0.5) is 0 Å². The summed E-state index contributed by atoms with van der Waals surface area (Å²) >= 11 is 0. The maximum Gasteiger partial charge on any atom is 0.335 e. The normalized spacial score (nSPS) is 31.5. The molecule has 0 bridgehead atoms. The third kappa shape index (κ3) is 6.13. The maximum atomic E-state index is 14.2. The first kappa shape index (κ1) is 36.5. The van der Waals surface area contributed by atoms with Gasteiger partial charge in [-0.3, -0.25) is 24.0 Å². The van der Waals surface area contributed by atoms with E-state index in [0.717, 1.165) is 17.5 Å². The van der Waals surface area contributed by atoms with E-state index in [0.29, 0.717) is 32.4 Å². The average Bonchev–Trinajstić information content (AvgIpc) is 3.84. The zero-order valence-corrected chi connectivity index (χ0v) is 29.2. The van der Waals surface area contributed by atoms with Crippen LogP contribution in [0.25, 0.3) is 10.9 Å². The number of carbonyl (C=O) groups excluding carboxylic acids is 3. The van der Waals surface area contributed by atoms with Crippen molar-refractivity contribution in [1.29, 1.82) is 0 Å². The van der Waals surface area contributed by atoms with Crippen LogP contribution in [0.15, 0.2) is 54.7 Å². The van der Waals surface area contributed by atoms with E-state index in [2.05, 4.69) is 46.6 Å². The number of likely N-dealkylation sites (tertiary alicyclic amines) is 1. The van der Waals surface area contributed by atoms with Crippen LogP contribution in [0.3, 0.4) is 0 Å². The van der Waals surface area contributed by atoms with Crippen LogP contribution in [0, 0.1) is 5.92 Å². The number of nitrogens with one attached hydrogen (secondary N) is 2. The third-order valence-corrected chi connectivity index (χ3v) is 11.4. The Bertz CT molecular complexity index is 1940. The van der Waals surface area contributed by atoms with Crippen molar-refractivity contribution in [2.24, 2.45) is 5.92 Å². The van der Waals surface area contributed by atoms with E-state index in [1.165, 1.54) is 28.3 Å². The van der Waals surface area contributed by atoms with Crippen molar-refractivity contribution in [3.8, 4) is 0 Å². The molecule has 4 aliphatic heterocycles. The number of aliphatic hydroxyl groups excluding tert-OH is 2. The second kappa shape index (κ2) is 13.5. The summed E-state index contributed by atoms with van der Waals surface area (Å²) in [6, 6.07) is 14.4. The number of aliphatic carboxylic acids is 2. The number of carboxylic acids is 2. The van der Waals surface area contributed by atoms with E-state index in [1.54, 1.807) is 4.90 Å². The zero-order chi connectivity index (χ0) is 38.0. The van der Waals surface area contributed by atoms with Gasteiger partial charge in [0, 0.05) is 48.6 Å². The highest BCUT2D eigenvalue weighted by molar-refractivity contribution is 5.97. The number of aromatic amines is 1. The highest BCUT2D eigenvalue weighted by Crippen LogP contribution is 2.47. The number of hydrogen-bond donors (Lipinski definition) is 7. The van der Waals surface area contributed by atoms with Crippen molar-refractivity contribution in [2.45, 2.75) is 86.9 Å². The molecule has 8 rings (SSSR count). The van der Waals surface area contributed by atoms with Crippen LogP contribution < -0.4 is 5.32 Å². The number of rotatable bonds is 7. The molecule has 2 unspecified atom stereocenters. The number of aromatic nitrogens is 1. The first-order valence-electron chi connectivity index (χ1n) is 17.7. The maximum absolute atomic E-state index is 14.2. The number of ether oxygens (including phenoxy) is 1. The minimum Gasteiger partial charge on any atom is -0.479 e. The van der Waals surface area contributed by atoms with Gasteiger partial charge < -0.3 is 45.6 Å². The average molecular weight is 734 g/mol. The number of piperazine rings is 1. The largest absolute Gasteiger partial charge is 0.479 e. The van der Waals surface area contributed by atoms with Crippen molar-refractivity contribution >= 4 is 40.6 Å². The lowest BCUT2D eigenvalue weighted by Crippen LogP contribution is -2.71. The van der Waals surface area contributed by atoms with Crippen molar-refractivity contribution < 1.29 is 54.2 Å². The molecule has 0 saturated carbocycles. The Balaban J connectivity index is 0.000000384. The summed E-state index contributed by atoms with van der Waals surface area (Å²) in [5.74, 6) is -6.85. The van der Waals surface area contributed by atoms with E-state index in [1.807, 2.05) is 30.3 Å². The van der Waals surface area contributed by atoms with Gasteiger partial charge in [-0.25, -0.2) is 9.59 Å². The van der Waals surface area contributed by atoms with Crippen LogP contribution in [0.1, 0.15) is 48.8 Å². The van der Waals surface area contributed by atoms with E-state index in [-0.39, 0.29) is 36.1 Å². The van der Waals surface area contributed by atoms with E-state index in [9.17, 15) is 29.1 Å². The molecule has 1 aromatic heterocycles. The second-order valence-electron chi connectivity index (χ2n) is 14.8. The Morgan fingerprint density at radius 3 is 2.42 bits per heavy atom. The molecule has 16 nitrogen and oxygen atoms in total. The molecule has 53 heavy (non-hydrogen) atoms. The summed E-state index contributed by atoms with van der Waals surface area (Å²) in [5.41, 5.74) is 2.74. The van der Waals surface area contributed by atoms with Crippen LogP contribution in [-0.2, 0) is 41.6 Å². The standard InChI is InChI=1S/C33H37N5O5.C4H6O6/c1-32(35-29(39)21-15-23-22-10-6-11-24-28(22)20(17-34-24)16-25(23)36(2)18-21)31(41)38-26(14-19-8-4-3-5-9-19)30(40)37-13-7-12-27(37)33(38,42)43-32;5-1(3(7)8)2(6)4(9)10/h3-6,8-11,17,21,23,25-27,34,42H,7,12-16,18H2,1-2H3,(H,35,39);1-2,5-6H,(H,7,8)(H,9,10)/t21-,23-,25-,26+,27+,32-,33+;/m1./s1. The number of nitrogens with zero attached hydrogens (tertiary/aromatic N) is 3. The second-order valence-corrected chi connectivity index (χ2v) is 14.8. The Morgan fingerprint density at radius 1 is 1.04 bits per heavy atom. The molecule has 2 aromatic carbocycles. The minimum absolute atomic E-state index is 0.171. The van der Waals surface area contributed by atoms with Gasteiger partial charge in [-0.1, -0.05) is 42.5 Å². The van der Waals surface area contributed by atoms with Gasteiger partial charge in [0.2, 0.25) is 17.5 Å². The summed E-state index contributed by atoms with van der Waals surface area (Å²) < 4.78 is 6.25. The highest BCUT2D eigenvalue weighted by atomic mass is 16.7. The quantitative estimate of drug-likeness (QED) is 0.170. The number of carbonyl (C=O) groups is 5. The lowest BCUT2D eigenvalue weighted by atomic mass is 9.72. The van der Waals surface area contributed by atoms with Gasteiger partial charge in [0.1, 0.15) is 12.1 Å². The van der Waals surface area contributed by atoms with Crippen LogP contribution in [-0.4, -0.2) is 137 Å². The summed E-state index contributed by atoms with van der Waals surface area (Å²) in [5, 5.41) is 48.8. The molecule has 3 amide bonds. The monoisotopic (exact) mass is 733 g/mol. The molecular weight excluding hydrogens is 690 g/mol. The van der Waals surface area contributed by atoms with E-state index in [4.69, 9.17) is 25.2 Å². The van der Waals surface area contributed by atoms with Gasteiger partial charge in [-0.05, 0) is 62.4 Å². The third-order valence-electron chi connectivity index (χ3n) is 11.4. The van der Waals surface area contributed by atoms with Gasteiger partial charge in [0.15, 0.2) is 12.2 Å². The van der Waals surface area contributed by atoms with Crippen LogP contribution >= 0.6 is 0 Å². The van der Waals surface area contributed by atoms with Crippen molar-refractivity contribution in [3.63, 3.8) is 0 Å². The van der Waals surface area contributed by atoms with Crippen molar-refractivity contribution in [2.75, 3.05) is 20.1 Å². The number of fused-ring (bicyclic) bond motifs is 5. The molecule has 7 N–H and O–H groups in total. The van der Waals surface area contributed by atoms with Crippen molar-refractivity contribution in [3.05, 3.63) is 71.4 Å². The number of hydrogen-bond acceptors (Lipinski definition) is 10. The molecule has 9 atom stereocenters. The summed E-state index contributed by atoms with van der Waals surface area (Å²) in [6.45, 7) is 2.56. The van der Waals surface area contributed by atoms with Crippen LogP contribution in [0.5, 0.6) is 0 Å². The molecular formula is C37H43N5O11. The predicted molar refractivity (Wildman–Crippen MR) is 185 cm³/mol. The summed E-state index contributed by atoms with van der Waals surface area (Å²) in [6.07, 6.45) is 0.594. The first-order chi connectivity index (χ1) is 25.1. The first-order valence-corrected chi connectivity index (χ1v) is 17.7. The Kier molecular flexibility index (Phi) is 9.31. The Morgan fingerprint density at radius 2 is 1.74 bits per heavy atom. The van der Waals surface area contributed by atoms with E-state index >= 15 is 0 Å². The topological polar surface area (TPSA) is 233 Å². The van der Waals surface area contributed by atoms with Crippen LogP contribution in [0.2, 0.25) is 0 Å². The fourth-order valence-electron chi connectivity index (χ4n) is 8.92. The number of carboxylic acid groups (broad SMARTS) is 2. The van der Waals surface area contributed by atoms with Gasteiger partial charge in [-0.15, -0.1) is 0 Å². The van der Waals surface area contributed by atoms with Crippen molar-refractivity contribution in [1.82, 2.24) is 25.0 Å². The molecule has 282 valence electrons. The number of amides is 3. The molecule has 4 saturated heterocycles. The van der Waals surface area contributed by atoms with Gasteiger partial charge in [-0.2, -0.15) is 0 Å². The number of likely N-dealkylation sites (N-methyl/N-ethyl adjacent to an activating group) is 1. The summed E-state index contributed by atoms with van der Waals surface area (Å²) in [7, 11) is 2.06. The Labute approximate surface area is 303 Å². The molecule has 16 heteroatoms. The fourth-order valence-corrected chi connectivity index (χ4v) is 8.92. The number of benzene rings is 2. The minimum atomic E-state index is -2.27. The van der Waals surface area contributed by atoms with Gasteiger partial charge in [0.05, 0.1) is 5.92 Å². The van der Waals surface area contributed by atoms with Gasteiger partial charge in [0.25, 0.3) is 11.8 Å². The number of H-pyrrole nitrogens is 1. The molecule has 5 aliphatic rings. The van der Waals surface area contributed by atoms with Gasteiger partial charge >= 0.3 is 11.9 Å². The molecule has 3 aromatic rings. The molecule has 4 fully saturated rings. The zero-order valence-electron chi connectivity index (χ0n) is 29.2. The highest BCUT2D eigenvalue weighted by Gasteiger charge is 2.70. The molecule has 1 aliphatic carbocycles. The van der Waals surface area contributed by atoms with E-state index < -0.39 is 53.8 Å². The SMILES string of the molecule is CN1C[C@H](C(=O)N[C@]2(C)O[C@@]3(O)[C@@H]4CCCN4C(=O)[C@H](Cc4ccccc4)N3C2=O)C[C@@H]2c3cccc4[nH]cc(c34)C[C@H]21.O=C(O)C(O)C(O)C(=O)O. The summed E-state index contributed by atoms with van der Waals surface area (Å²) in [4.78, 5) is 69.9. The molecule has 5 heterocycles. The Hall–Kier alpha value is -4.87. The smallest absolute Gasteiger partial charge is 0.335 e. The lowest BCUT2D eigenvalue weighted by molar-refractivity contribution is -0.315. The lowest BCUT2D eigenvalue weighted by Gasteiger charge is -2.48. The number of aliphatic hydroxyl groups is 3. The predicted octanol–water partition coefficient (Wildman–Crippen LogP) is -0.0415. The molecule has 0 radical (unpaired) electrons.